The van der Waals surface area contributed by atoms with Crippen LogP contribution in [-0.2, 0) is 4.74 Å². The van der Waals surface area contributed by atoms with Crippen molar-refractivity contribution in [3.8, 4) is 0 Å². The normalized spacial score (nSPS) is 22.1. The number of hydrogen-bond acceptors (Lipinski definition) is 7. The number of carbonyl (C=O) groups excluding carboxylic acids is 1. The summed E-state index contributed by atoms with van der Waals surface area (Å²) in [7, 11) is 0. The number of nitrogens with zero attached hydrogens (tertiary/aromatic N) is 4. The zero-order chi connectivity index (χ0) is 22.2. The number of aliphatic imine (C=N–C) groups is 1. The van der Waals surface area contributed by atoms with Gasteiger partial charge in [0.05, 0.1) is 25.6 Å². The van der Waals surface area contributed by atoms with E-state index >= 15 is 0 Å². The Kier molecular flexibility index (Phi) is 5.41. The molecule has 1 aromatic carbocycles. The minimum Gasteiger partial charge on any atom is -0.378 e. The van der Waals surface area contributed by atoms with E-state index in [1.807, 2.05) is 41.6 Å². The minimum absolute atomic E-state index is 0.0643. The number of anilines is 1. The number of aromatic nitrogens is 2. The molecular weight excluding hydrogens is 438 g/mol. The fourth-order valence-electron chi connectivity index (χ4n) is 4.19. The quantitative estimate of drug-likeness (QED) is 0.565. The van der Waals surface area contributed by atoms with Crippen LogP contribution in [0.3, 0.4) is 0 Å². The smallest absolute Gasteiger partial charge is 0.254 e. The first-order chi connectivity index (χ1) is 16.2. The molecule has 9 nitrogen and oxygen atoms in total. The lowest BCUT2D eigenvalue weighted by molar-refractivity contribution is -0.699. The van der Waals surface area contributed by atoms with E-state index in [0.29, 0.717) is 44.3 Å². The number of fused-ring (bicyclic) bond motifs is 1. The van der Waals surface area contributed by atoms with Crippen LogP contribution in [0.2, 0.25) is 0 Å². The first-order valence-electron chi connectivity index (χ1n) is 11.3. The fourth-order valence-corrected chi connectivity index (χ4v) is 5.06. The number of quaternary nitrogens is 1. The van der Waals surface area contributed by atoms with Gasteiger partial charge in [0.1, 0.15) is 12.7 Å². The molecule has 1 amide bonds. The number of carbonyl (C=O) groups is 1. The van der Waals surface area contributed by atoms with Crippen LogP contribution in [0, 0.1) is 0 Å². The Morgan fingerprint density at radius 2 is 2.03 bits per heavy atom. The van der Waals surface area contributed by atoms with E-state index in [2.05, 4.69) is 37.1 Å². The van der Waals surface area contributed by atoms with Crippen LogP contribution >= 0.6 is 11.9 Å². The second kappa shape index (κ2) is 8.69. The van der Waals surface area contributed by atoms with Crippen LogP contribution in [-0.4, -0.2) is 64.0 Å². The molecule has 6 rings (SSSR count). The van der Waals surface area contributed by atoms with Crippen molar-refractivity contribution in [2.75, 3.05) is 38.2 Å². The maximum atomic E-state index is 12.7. The molecular formula is C23H26N7O2S+. The molecule has 0 radical (unpaired) electrons. The zero-order valence-electron chi connectivity index (χ0n) is 18.2. The lowest BCUT2D eigenvalue weighted by Crippen LogP contribution is -3.10. The van der Waals surface area contributed by atoms with Gasteiger partial charge in [-0.1, -0.05) is 0 Å². The number of amidine groups is 1. The molecule has 4 aliphatic rings. The Hall–Kier alpha value is -3.08. The molecule has 2 aromatic rings. The van der Waals surface area contributed by atoms with Crippen molar-refractivity contribution >= 4 is 29.5 Å². The van der Waals surface area contributed by atoms with Crippen molar-refractivity contribution in [1.82, 2.24) is 19.4 Å². The average molecular weight is 465 g/mol. The molecule has 1 atom stereocenters. The molecule has 3 N–H and O–H groups in total. The molecule has 1 unspecified atom stereocenters. The largest absolute Gasteiger partial charge is 0.378 e. The summed E-state index contributed by atoms with van der Waals surface area (Å²) in [6.45, 7) is 3.22. The van der Waals surface area contributed by atoms with Gasteiger partial charge in [0.2, 0.25) is 11.7 Å². The molecule has 0 spiro atoms. The van der Waals surface area contributed by atoms with Crippen LogP contribution in [0.5, 0.6) is 0 Å². The number of H-pyrrole nitrogens is 1. The molecule has 1 aliphatic carbocycles. The number of ether oxygens (including phenoxy) is 1. The van der Waals surface area contributed by atoms with Crippen molar-refractivity contribution in [2.45, 2.75) is 23.7 Å². The highest BCUT2D eigenvalue weighted by Gasteiger charge is 2.32. The second-order valence-electron chi connectivity index (χ2n) is 8.55. The van der Waals surface area contributed by atoms with Gasteiger partial charge in [-0.2, -0.15) is 5.10 Å². The number of hydrogen-bond donors (Lipinski definition) is 3. The Labute approximate surface area is 196 Å². The van der Waals surface area contributed by atoms with Crippen LogP contribution in [0.15, 0.2) is 64.6 Å². The lowest BCUT2D eigenvalue weighted by atomic mass is 10.2. The van der Waals surface area contributed by atoms with Gasteiger partial charge in [0, 0.05) is 41.2 Å². The fraction of sp³-hybridized carbons (Fsp3) is 0.348. The Balaban J connectivity index is 1.15. The summed E-state index contributed by atoms with van der Waals surface area (Å²) in [6, 6.07) is 9.92. The summed E-state index contributed by atoms with van der Waals surface area (Å²) < 4.78 is 7.50. The number of amides is 1. The summed E-state index contributed by atoms with van der Waals surface area (Å²) >= 11 is 1.63. The van der Waals surface area contributed by atoms with E-state index in [-0.39, 0.29) is 5.91 Å². The van der Waals surface area contributed by atoms with E-state index < -0.39 is 0 Å². The summed E-state index contributed by atoms with van der Waals surface area (Å²) in [5.74, 6) is 3.54. The van der Waals surface area contributed by atoms with Crippen LogP contribution < -0.4 is 10.2 Å². The molecule has 170 valence electrons. The van der Waals surface area contributed by atoms with Gasteiger partial charge in [-0.05, 0) is 49.1 Å². The van der Waals surface area contributed by atoms with E-state index in [1.54, 1.807) is 11.9 Å². The molecule has 1 aromatic heterocycles. The number of aromatic amines is 1. The standard InChI is InChI=1S/C23H25N7O2S/c31-23(28-9-11-32-12-10-28)17-3-5-18(6-4-17)33-29-14-21-24-7-8-30(21)22(15-29)25-20-13-19(26-27-20)16-1-2-16/h3-8,13,15-16H,1-2,9-12,14H2,(H2,25,26,27)/p+1. The van der Waals surface area contributed by atoms with Gasteiger partial charge in [-0.15, -0.1) is 0 Å². The third-order valence-corrected chi connectivity index (χ3v) is 7.10. The molecule has 10 heteroatoms. The third-order valence-electron chi connectivity index (χ3n) is 6.15. The van der Waals surface area contributed by atoms with Gasteiger partial charge in [-0.25, -0.2) is 9.89 Å². The van der Waals surface area contributed by atoms with Gasteiger partial charge >= 0.3 is 0 Å². The Bertz CT molecular complexity index is 1130. The van der Waals surface area contributed by atoms with Crippen LogP contribution in [0.1, 0.15) is 34.8 Å². The average Bonchev–Trinajstić information content (AvgIpc) is 3.40. The minimum atomic E-state index is 0.0643. The molecule has 4 heterocycles. The van der Waals surface area contributed by atoms with Gasteiger partial charge < -0.3 is 9.64 Å². The number of benzene rings is 1. The maximum Gasteiger partial charge on any atom is 0.254 e. The summed E-state index contributed by atoms with van der Waals surface area (Å²) in [6.07, 6.45) is 8.47. The van der Waals surface area contributed by atoms with E-state index in [1.165, 1.54) is 18.5 Å². The van der Waals surface area contributed by atoms with E-state index in [0.717, 1.165) is 27.3 Å². The highest BCUT2D eigenvalue weighted by Crippen LogP contribution is 2.39. The predicted molar refractivity (Wildman–Crippen MR) is 126 cm³/mol. The molecule has 2 fully saturated rings. The topological polar surface area (TPSA) is 90.3 Å². The number of rotatable bonds is 6. The second-order valence-corrected chi connectivity index (χ2v) is 9.67. The Morgan fingerprint density at radius 1 is 1.21 bits per heavy atom. The summed E-state index contributed by atoms with van der Waals surface area (Å²) in [4.78, 5) is 21.3. The van der Waals surface area contributed by atoms with Crippen molar-refractivity contribution in [3.05, 3.63) is 66.0 Å². The molecule has 3 aliphatic heterocycles. The molecule has 1 saturated carbocycles. The van der Waals surface area contributed by atoms with E-state index in [4.69, 9.17) is 4.74 Å². The summed E-state index contributed by atoms with van der Waals surface area (Å²) in [5, 5.41) is 11.1. The predicted octanol–water partition coefficient (Wildman–Crippen LogP) is 1.76. The van der Waals surface area contributed by atoms with Crippen molar-refractivity contribution < 1.29 is 14.4 Å². The van der Waals surface area contributed by atoms with Crippen LogP contribution in [0.4, 0.5) is 5.82 Å². The molecule has 1 saturated heterocycles. The van der Waals surface area contributed by atoms with Crippen molar-refractivity contribution in [2.24, 2.45) is 4.99 Å². The van der Waals surface area contributed by atoms with Crippen molar-refractivity contribution in [3.63, 3.8) is 0 Å². The van der Waals surface area contributed by atoms with Crippen LogP contribution in [0.25, 0.3) is 0 Å². The number of morpholine rings is 1. The molecule has 0 bridgehead atoms. The van der Waals surface area contributed by atoms with Gasteiger partial charge in [0.25, 0.3) is 5.91 Å². The highest BCUT2D eigenvalue weighted by atomic mass is 32.2. The van der Waals surface area contributed by atoms with Crippen molar-refractivity contribution in [1.29, 1.82) is 0 Å². The monoisotopic (exact) mass is 464 g/mol. The maximum absolute atomic E-state index is 12.7. The third kappa shape index (κ3) is 4.41. The van der Waals surface area contributed by atoms with Gasteiger partial charge in [0.15, 0.2) is 5.82 Å². The first-order valence-corrected chi connectivity index (χ1v) is 12.1. The van der Waals surface area contributed by atoms with Gasteiger partial charge in [-0.3, -0.25) is 19.5 Å². The summed E-state index contributed by atoms with van der Waals surface area (Å²) in [5.41, 5.74) is 1.91. The lowest BCUT2D eigenvalue weighted by Gasteiger charge is -2.28. The zero-order valence-corrected chi connectivity index (χ0v) is 19.0. The molecule has 33 heavy (non-hydrogen) atoms. The Morgan fingerprint density at radius 3 is 2.82 bits per heavy atom. The highest BCUT2D eigenvalue weighted by molar-refractivity contribution is 7.97. The first kappa shape index (κ1) is 20.5. The number of nitrogens with one attached hydrogen (secondary N) is 3. The SMILES string of the molecule is O=C(c1ccc(SN2C=C(Nc3cc(C4CC4)[nH]n3)[NH+]3C=CN=C3C2)cc1)N1CCOCC1. The van der Waals surface area contributed by atoms with E-state index in [9.17, 15) is 4.79 Å².